The van der Waals surface area contributed by atoms with Crippen molar-refractivity contribution in [1.29, 1.82) is 0 Å². The minimum Gasteiger partial charge on any atom is -0.464 e. The van der Waals surface area contributed by atoms with Crippen molar-refractivity contribution >= 4 is 23.2 Å². The quantitative estimate of drug-likeness (QED) is 0.724. The molecule has 0 aliphatic rings. The second-order valence-corrected chi connectivity index (χ2v) is 4.80. The van der Waals surface area contributed by atoms with Gasteiger partial charge in [-0.15, -0.1) is 0 Å². The summed E-state index contributed by atoms with van der Waals surface area (Å²) in [6.45, 7) is 0.962. The normalized spacial score (nSPS) is 11.1. The molecule has 0 unspecified atom stereocenters. The Morgan fingerprint density at radius 2 is 2.20 bits per heavy atom. The van der Waals surface area contributed by atoms with Crippen LogP contribution in [0.2, 0.25) is 0 Å². The molecule has 3 aromatic rings. The molecule has 6 heteroatoms. The minimum atomic E-state index is -0.234. The van der Waals surface area contributed by atoms with Crippen molar-refractivity contribution in [3.63, 3.8) is 0 Å². The van der Waals surface area contributed by atoms with Crippen LogP contribution >= 0.6 is 12.2 Å². The zero-order valence-corrected chi connectivity index (χ0v) is 11.4. The molecule has 0 saturated heterocycles. The van der Waals surface area contributed by atoms with E-state index in [0.717, 1.165) is 16.5 Å². The van der Waals surface area contributed by atoms with Crippen LogP contribution in [0.5, 0.6) is 0 Å². The second kappa shape index (κ2) is 5.07. The minimum absolute atomic E-state index is 0.234. The highest BCUT2D eigenvalue weighted by atomic mass is 32.1. The van der Waals surface area contributed by atoms with Crippen LogP contribution < -0.4 is 11.3 Å². The first-order valence-electron chi connectivity index (χ1n) is 6.21. The summed E-state index contributed by atoms with van der Waals surface area (Å²) in [6, 6.07) is 9.18. The number of hydrogen-bond donors (Lipinski definition) is 2. The van der Waals surface area contributed by atoms with Gasteiger partial charge in [0.05, 0.1) is 12.0 Å². The number of nitrogens with zero attached hydrogens (tertiary/aromatic N) is 1. The van der Waals surface area contributed by atoms with Crippen LogP contribution in [0.15, 0.2) is 45.8 Å². The van der Waals surface area contributed by atoms with Crippen molar-refractivity contribution in [1.82, 2.24) is 9.55 Å². The molecule has 0 aliphatic heterocycles. The lowest BCUT2D eigenvalue weighted by Crippen LogP contribution is -2.18. The van der Waals surface area contributed by atoms with E-state index in [1.54, 1.807) is 6.26 Å². The van der Waals surface area contributed by atoms with Crippen LogP contribution in [0.25, 0.3) is 22.2 Å². The van der Waals surface area contributed by atoms with Gasteiger partial charge in [-0.3, -0.25) is 9.78 Å². The van der Waals surface area contributed by atoms with E-state index in [4.69, 9.17) is 22.4 Å². The number of benzene rings is 1. The number of hydrogen-bond acceptors (Lipinski definition) is 4. The Balaban J connectivity index is 2.36. The predicted octanol–water partition coefficient (Wildman–Crippen LogP) is 2.28. The molecule has 0 aliphatic carbocycles. The van der Waals surface area contributed by atoms with Crippen LogP contribution in [0.4, 0.5) is 0 Å². The van der Waals surface area contributed by atoms with Gasteiger partial charge in [0.1, 0.15) is 5.58 Å². The summed E-state index contributed by atoms with van der Waals surface area (Å²) in [6.07, 6.45) is 1.63. The number of aromatic amines is 1. The maximum atomic E-state index is 11.7. The fourth-order valence-corrected chi connectivity index (χ4v) is 2.58. The van der Waals surface area contributed by atoms with Gasteiger partial charge in [0.25, 0.3) is 5.56 Å². The van der Waals surface area contributed by atoms with E-state index in [1.165, 1.54) is 6.07 Å². The summed E-state index contributed by atoms with van der Waals surface area (Å²) in [5, 5.41) is 0.980. The van der Waals surface area contributed by atoms with Gasteiger partial charge in [-0.05, 0) is 24.4 Å². The lowest BCUT2D eigenvalue weighted by molar-refractivity contribution is 0.615. The zero-order chi connectivity index (χ0) is 14.1. The maximum absolute atomic E-state index is 11.7. The fourth-order valence-electron chi connectivity index (χ4n) is 2.29. The van der Waals surface area contributed by atoms with Gasteiger partial charge in [-0.1, -0.05) is 12.1 Å². The van der Waals surface area contributed by atoms with E-state index in [2.05, 4.69) is 4.98 Å². The number of furan rings is 1. The van der Waals surface area contributed by atoms with Gasteiger partial charge >= 0.3 is 0 Å². The largest absolute Gasteiger partial charge is 0.464 e. The molecule has 0 spiro atoms. The van der Waals surface area contributed by atoms with Crippen LogP contribution in [-0.4, -0.2) is 16.1 Å². The smallest absolute Gasteiger partial charge is 0.252 e. The Morgan fingerprint density at radius 3 is 3.00 bits per heavy atom. The second-order valence-electron chi connectivity index (χ2n) is 4.41. The van der Waals surface area contributed by atoms with Crippen molar-refractivity contribution in [3.05, 3.63) is 51.7 Å². The van der Waals surface area contributed by atoms with Gasteiger partial charge in [0.2, 0.25) is 0 Å². The summed E-state index contributed by atoms with van der Waals surface area (Å²) in [7, 11) is 0. The highest BCUT2D eigenvalue weighted by Gasteiger charge is 2.11. The third kappa shape index (κ3) is 2.09. The molecule has 5 nitrogen and oxygen atoms in total. The van der Waals surface area contributed by atoms with Gasteiger partial charge in [-0.2, -0.15) is 0 Å². The number of fused-ring (bicyclic) bond motifs is 1. The average Bonchev–Trinajstić information content (AvgIpc) is 2.90. The Hall–Kier alpha value is -2.18. The van der Waals surface area contributed by atoms with E-state index < -0.39 is 0 Å². The standard InChI is InChI=1S/C14H13N3O2S/c15-5-6-17-11(8-12(18)16-14(17)20)10-3-1-2-9-4-7-19-13(9)10/h1-4,7-8H,5-6,15H2,(H,16,18,20). The molecule has 2 heterocycles. The SMILES string of the molecule is NCCn1c(-c2cccc3ccoc23)cc(=O)[nH]c1=S. The van der Waals surface area contributed by atoms with Crippen LogP contribution in [-0.2, 0) is 6.54 Å². The van der Waals surface area contributed by atoms with Gasteiger partial charge in [-0.25, -0.2) is 0 Å². The summed E-state index contributed by atoms with van der Waals surface area (Å²) in [5.74, 6) is 0. The first-order chi connectivity index (χ1) is 9.70. The first-order valence-corrected chi connectivity index (χ1v) is 6.62. The Kier molecular flexibility index (Phi) is 3.25. The number of rotatable bonds is 3. The molecular formula is C14H13N3O2S. The molecule has 0 atom stereocenters. The van der Waals surface area contributed by atoms with Crippen LogP contribution in [0, 0.1) is 4.77 Å². The monoisotopic (exact) mass is 287 g/mol. The molecule has 3 rings (SSSR count). The Morgan fingerprint density at radius 1 is 1.35 bits per heavy atom. The Bertz CT molecular complexity index is 876. The average molecular weight is 287 g/mol. The summed E-state index contributed by atoms with van der Waals surface area (Å²) in [5.41, 5.74) is 7.67. The third-order valence-corrected chi connectivity index (χ3v) is 3.46. The van der Waals surface area contributed by atoms with E-state index in [1.807, 2.05) is 28.8 Å². The summed E-state index contributed by atoms with van der Waals surface area (Å²) in [4.78, 5) is 14.3. The van der Waals surface area contributed by atoms with Crippen molar-refractivity contribution in [2.45, 2.75) is 6.54 Å². The van der Waals surface area contributed by atoms with Gasteiger partial charge in [0.15, 0.2) is 4.77 Å². The third-order valence-electron chi connectivity index (χ3n) is 3.14. The first kappa shape index (κ1) is 12.8. The molecule has 20 heavy (non-hydrogen) atoms. The van der Waals surface area contributed by atoms with Crippen molar-refractivity contribution in [3.8, 4) is 11.3 Å². The van der Waals surface area contributed by atoms with Crippen molar-refractivity contribution in [2.75, 3.05) is 6.54 Å². The molecule has 102 valence electrons. The number of nitrogens with two attached hydrogens (primary N) is 1. The molecule has 0 bridgehead atoms. The highest BCUT2D eigenvalue weighted by molar-refractivity contribution is 7.71. The van der Waals surface area contributed by atoms with E-state index >= 15 is 0 Å². The molecule has 0 radical (unpaired) electrons. The number of aromatic nitrogens is 2. The van der Waals surface area contributed by atoms with Crippen molar-refractivity contribution in [2.24, 2.45) is 5.73 Å². The van der Waals surface area contributed by atoms with E-state index in [0.29, 0.717) is 23.6 Å². The predicted molar refractivity (Wildman–Crippen MR) is 80.1 cm³/mol. The van der Waals surface area contributed by atoms with Crippen LogP contribution in [0.3, 0.4) is 0 Å². The number of H-pyrrole nitrogens is 1. The fraction of sp³-hybridized carbons (Fsp3) is 0.143. The van der Waals surface area contributed by atoms with Gasteiger partial charge in [0, 0.05) is 30.1 Å². The lowest BCUT2D eigenvalue weighted by atomic mass is 10.1. The zero-order valence-electron chi connectivity index (χ0n) is 10.6. The van der Waals surface area contributed by atoms with Crippen molar-refractivity contribution < 1.29 is 4.42 Å². The summed E-state index contributed by atoms with van der Waals surface area (Å²) < 4.78 is 7.70. The van der Waals surface area contributed by atoms with E-state index in [9.17, 15) is 4.79 Å². The Labute approximate surface area is 119 Å². The van der Waals surface area contributed by atoms with Gasteiger partial charge < -0.3 is 14.7 Å². The maximum Gasteiger partial charge on any atom is 0.252 e. The highest BCUT2D eigenvalue weighted by Crippen LogP contribution is 2.28. The van der Waals surface area contributed by atoms with E-state index in [-0.39, 0.29) is 5.56 Å². The molecule has 0 amide bonds. The molecule has 3 N–H and O–H groups in total. The molecule has 0 fully saturated rings. The molecular weight excluding hydrogens is 274 g/mol. The topological polar surface area (TPSA) is 77.0 Å². The molecule has 0 saturated carbocycles. The van der Waals surface area contributed by atoms with Crippen LogP contribution in [0.1, 0.15) is 0 Å². The number of nitrogens with one attached hydrogen (secondary N) is 1. The molecule has 2 aromatic heterocycles. The summed E-state index contributed by atoms with van der Waals surface area (Å²) >= 11 is 5.22. The molecule has 1 aromatic carbocycles. The lowest BCUT2D eigenvalue weighted by Gasteiger charge is -2.12. The number of para-hydroxylation sites is 1.